The molecular formula is C12H19BrN2O. The minimum atomic E-state index is 0.678. The van der Waals surface area contributed by atoms with Crippen molar-refractivity contribution in [2.24, 2.45) is 5.92 Å². The lowest BCUT2D eigenvalue weighted by Crippen LogP contribution is -2.06. The Kier molecular flexibility index (Phi) is 4.03. The summed E-state index contributed by atoms with van der Waals surface area (Å²) in [5, 5.41) is 4.55. The molecule has 0 saturated heterocycles. The van der Waals surface area contributed by atoms with Crippen molar-refractivity contribution in [3.8, 4) is 0 Å². The van der Waals surface area contributed by atoms with Crippen molar-refractivity contribution < 1.29 is 4.74 Å². The fourth-order valence-corrected chi connectivity index (χ4v) is 2.44. The van der Waals surface area contributed by atoms with Crippen molar-refractivity contribution in [3.63, 3.8) is 0 Å². The fourth-order valence-electron chi connectivity index (χ4n) is 1.76. The molecule has 0 aromatic carbocycles. The predicted octanol–water partition coefficient (Wildman–Crippen LogP) is 3.15. The maximum absolute atomic E-state index is 5.73. The van der Waals surface area contributed by atoms with E-state index >= 15 is 0 Å². The summed E-state index contributed by atoms with van der Waals surface area (Å²) in [7, 11) is 0. The van der Waals surface area contributed by atoms with E-state index in [9.17, 15) is 0 Å². The molecule has 0 radical (unpaired) electrons. The Labute approximate surface area is 105 Å². The third-order valence-corrected chi connectivity index (χ3v) is 3.90. The van der Waals surface area contributed by atoms with Gasteiger partial charge in [-0.25, -0.2) is 0 Å². The minimum Gasteiger partial charge on any atom is -0.375 e. The van der Waals surface area contributed by atoms with Crippen molar-refractivity contribution in [1.29, 1.82) is 0 Å². The van der Waals surface area contributed by atoms with Crippen LogP contribution < -0.4 is 0 Å². The molecule has 0 N–H and O–H groups in total. The molecule has 1 aromatic rings. The van der Waals surface area contributed by atoms with Gasteiger partial charge in [-0.15, -0.1) is 0 Å². The molecule has 1 aliphatic carbocycles. The first-order valence-electron chi connectivity index (χ1n) is 6.08. The molecule has 0 atom stereocenters. The molecule has 0 unspecified atom stereocenters. The molecule has 2 rings (SSSR count). The highest BCUT2D eigenvalue weighted by Gasteiger charge is 2.22. The summed E-state index contributed by atoms with van der Waals surface area (Å²) in [4.78, 5) is 0. The Morgan fingerprint density at radius 3 is 2.75 bits per heavy atom. The fraction of sp³-hybridized carbons (Fsp3) is 0.750. The Balaban J connectivity index is 2.01. The summed E-state index contributed by atoms with van der Waals surface area (Å²) in [6.45, 7) is 6.73. The maximum Gasteiger partial charge on any atom is 0.0896 e. The highest BCUT2D eigenvalue weighted by molar-refractivity contribution is 9.10. The van der Waals surface area contributed by atoms with Gasteiger partial charge in [0, 0.05) is 13.2 Å². The van der Waals surface area contributed by atoms with Gasteiger partial charge in [-0.2, -0.15) is 5.10 Å². The number of rotatable bonds is 6. The zero-order valence-electron chi connectivity index (χ0n) is 10.0. The topological polar surface area (TPSA) is 27.1 Å². The van der Waals surface area contributed by atoms with E-state index in [2.05, 4.69) is 34.9 Å². The van der Waals surface area contributed by atoms with E-state index in [1.165, 1.54) is 18.5 Å². The molecule has 1 aliphatic rings. The predicted molar refractivity (Wildman–Crippen MR) is 67.4 cm³/mol. The summed E-state index contributed by atoms with van der Waals surface area (Å²) in [6.07, 6.45) is 3.64. The zero-order chi connectivity index (χ0) is 11.5. The molecule has 16 heavy (non-hydrogen) atoms. The molecule has 0 aliphatic heterocycles. The molecule has 90 valence electrons. The van der Waals surface area contributed by atoms with Gasteiger partial charge in [0.15, 0.2) is 0 Å². The number of ether oxygens (including phenoxy) is 1. The number of hydrogen-bond donors (Lipinski definition) is 0. The Hall–Kier alpha value is -0.350. The molecule has 0 spiro atoms. The molecule has 3 nitrogen and oxygen atoms in total. The maximum atomic E-state index is 5.73. The molecular weight excluding hydrogens is 268 g/mol. The first-order valence-corrected chi connectivity index (χ1v) is 6.87. The first-order chi connectivity index (χ1) is 7.76. The molecule has 4 heteroatoms. The van der Waals surface area contributed by atoms with Crippen molar-refractivity contribution >= 4 is 15.9 Å². The summed E-state index contributed by atoms with van der Waals surface area (Å²) in [5.74, 6) is 0.822. The molecule has 1 aromatic heterocycles. The Morgan fingerprint density at radius 2 is 2.19 bits per heavy atom. The Bertz CT molecular complexity index is 358. The molecule has 1 heterocycles. The second-order valence-corrected chi connectivity index (χ2v) is 5.13. The molecule has 0 amide bonds. The van der Waals surface area contributed by atoms with Gasteiger partial charge in [0.05, 0.1) is 22.5 Å². The quantitative estimate of drug-likeness (QED) is 0.803. The second kappa shape index (κ2) is 5.32. The summed E-state index contributed by atoms with van der Waals surface area (Å²) < 4.78 is 8.90. The average Bonchev–Trinajstić information content (AvgIpc) is 3.05. The highest BCUT2D eigenvalue weighted by atomic mass is 79.9. The third kappa shape index (κ3) is 2.66. The van der Waals surface area contributed by atoms with Crippen LogP contribution in [0.4, 0.5) is 0 Å². The van der Waals surface area contributed by atoms with E-state index in [0.29, 0.717) is 6.61 Å². The van der Waals surface area contributed by atoms with Crippen LogP contribution in [0.3, 0.4) is 0 Å². The van der Waals surface area contributed by atoms with E-state index in [1.807, 2.05) is 4.68 Å². The van der Waals surface area contributed by atoms with Gasteiger partial charge >= 0.3 is 0 Å². The van der Waals surface area contributed by atoms with Crippen LogP contribution >= 0.6 is 15.9 Å². The third-order valence-electron chi connectivity index (χ3n) is 2.98. The zero-order valence-corrected chi connectivity index (χ0v) is 11.6. The summed E-state index contributed by atoms with van der Waals surface area (Å²) in [5.41, 5.74) is 2.31. The van der Waals surface area contributed by atoms with Crippen molar-refractivity contribution in [1.82, 2.24) is 9.78 Å². The van der Waals surface area contributed by atoms with E-state index < -0.39 is 0 Å². The number of aryl methyl sites for hydroxylation is 2. The van der Waals surface area contributed by atoms with Crippen molar-refractivity contribution in [2.75, 3.05) is 6.61 Å². The van der Waals surface area contributed by atoms with Gasteiger partial charge in [0.1, 0.15) is 0 Å². The van der Waals surface area contributed by atoms with E-state index in [4.69, 9.17) is 4.74 Å². The minimum absolute atomic E-state index is 0.678. The van der Waals surface area contributed by atoms with Gasteiger partial charge in [0.25, 0.3) is 0 Å². The molecule has 1 fully saturated rings. The van der Waals surface area contributed by atoms with Gasteiger partial charge in [0.2, 0.25) is 0 Å². The van der Waals surface area contributed by atoms with Gasteiger partial charge in [-0.1, -0.05) is 6.92 Å². The van der Waals surface area contributed by atoms with Gasteiger partial charge in [-0.3, -0.25) is 4.68 Å². The molecule has 1 saturated carbocycles. The largest absolute Gasteiger partial charge is 0.375 e. The first kappa shape index (κ1) is 12.1. The van der Waals surface area contributed by atoms with Crippen LogP contribution in [0.1, 0.15) is 38.1 Å². The number of nitrogens with zero attached hydrogens (tertiary/aromatic N) is 2. The number of halogens is 1. The van der Waals surface area contributed by atoms with E-state index in [0.717, 1.165) is 35.7 Å². The summed E-state index contributed by atoms with van der Waals surface area (Å²) in [6, 6.07) is 0. The van der Waals surface area contributed by atoms with Crippen LogP contribution in [-0.4, -0.2) is 16.4 Å². The lowest BCUT2D eigenvalue weighted by molar-refractivity contribution is 0.105. The monoisotopic (exact) mass is 286 g/mol. The Morgan fingerprint density at radius 1 is 1.44 bits per heavy atom. The van der Waals surface area contributed by atoms with Crippen LogP contribution in [0.5, 0.6) is 0 Å². The number of aromatic nitrogens is 2. The normalized spacial score (nSPS) is 15.7. The van der Waals surface area contributed by atoms with Crippen molar-refractivity contribution in [2.45, 2.75) is 46.3 Å². The van der Waals surface area contributed by atoms with Crippen LogP contribution in [-0.2, 0) is 24.3 Å². The van der Waals surface area contributed by atoms with Crippen LogP contribution in [0.25, 0.3) is 0 Å². The lowest BCUT2D eigenvalue weighted by atomic mass is 10.3. The van der Waals surface area contributed by atoms with Gasteiger partial charge < -0.3 is 4.74 Å². The van der Waals surface area contributed by atoms with Crippen LogP contribution in [0, 0.1) is 5.92 Å². The van der Waals surface area contributed by atoms with Gasteiger partial charge in [-0.05, 0) is 48.0 Å². The van der Waals surface area contributed by atoms with E-state index in [1.54, 1.807) is 0 Å². The second-order valence-electron chi connectivity index (χ2n) is 4.34. The molecule has 0 bridgehead atoms. The average molecular weight is 287 g/mol. The smallest absolute Gasteiger partial charge is 0.0896 e. The SMILES string of the molecule is CCc1nn(CC)c(COCC2CC2)c1Br. The van der Waals surface area contributed by atoms with E-state index in [-0.39, 0.29) is 0 Å². The highest BCUT2D eigenvalue weighted by Crippen LogP contribution is 2.30. The van der Waals surface area contributed by atoms with Crippen LogP contribution in [0.2, 0.25) is 0 Å². The number of hydrogen-bond acceptors (Lipinski definition) is 2. The standard InChI is InChI=1S/C12H19BrN2O/c1-3-10-12(13)11(15(4-2)14-10)8-16-7-9-5-6-9/h9H,3-8H2,1-2H3. The van der Waals surface area contributed by atoms with Crippen LogP contribution in [0.15, 0.2) is 4.47 Å². The lowest BCUT2D eigenvalue weighted by Gasteiger charge is -2.06. The van der Waals surface area contributed by atoms with Crippen molar-refractivity contribution in [3.05, 3.63) is 15.9 Å². The summed E-state index contributed by atoms with van der Waals surface area (Å²) >= 11 is 3.62.